The van der Waals surface area contributed by atoms with E-state index in [1.807, 2.05) is 5.01 Å². The van der Waals surface area contributed by atoms with E-state index in [1.54, 1.807) is 12.3 Å². The number of anilines is 1. The van der Waals surface area contributed by atoms with Crippen molar-refractivity contribution in [1.82, 2.24) is 5.01 Å². The predicted molar refractivity (Wildman–Crippen MR) is 92.3 cm³/mol. The average Bonchev–Trinajstić information content (AvgIpc) is 2.54. The summed E-state index contributed by atoms with van der Waals surface area (Å²) in [5.41, 5.74) is 3.12. The van der Waals surface area contributed by atoms with Gasteiger partial charge in [-0.25, -0.2) is 0 Å². The Kier molecular flexibility index (Phi) is 4.37. The van der Waals surface area contributed by atoms with E-state index in [2.05, 4.69) is 41.2 Å². The van der Waals surface area contributed by atoms with Gasteiger partial charge in [0.2, 0.25) is 0 Å². The molecule has 2 aromatic rings. The van der Waals surface area contributed by atoms with Gasteiger partial charge in [-0.15, -0.1) is 0 Å². The summed E-state index contributed by atoms with van der Waals surface area (Å²) in [6, 6.07) is 13.0. The van der Waals surface area contributed by atoms with Crippen LogP contribution in [0.25, 0.3) is 0 Å². The first-order valence-electron chi connectivity index (χ1n) is 7.74. The minimum Gasteiger partial charge on any atom is -0.508 e. The van der Waals surface area contributed by atoms with Crippen molar-refractivity contribution in [2.75, 3.05) is 31.1 Å². The normalized spacial score (nSPS) is 15.3. The van der Waals surface area contributed by atoms with E-state index in [1.165, 1.54) is 23.4 Å². The zero-order chi connectivity index (χ0) is 16.2. The molecule has 1 fully saturated rings. The molecule has 2 aromatic carbocycles. The SMILES string of the molecule is Cc1cccc(N2CCN(/N=C/c3ccc(O)cc3O)CC2)c1. The number of nitrogens with zero attached hydrogens (tertiary/aromatic N) is 3. The number of phenols is 2. The summed E-state index contributed by atoms with van der Waals surface area (Å²) in [7, 11) is 0. The van der Waals surface area contributed by atoms with Crippen LogP contribution in [0.15, 0.2) is 47.6 Å². The molecule has 0 amide bonds. The van der Waals surface area contributed by atoms with E-state index in [4.69, 9.17) is 0 Å². The van der Waals surface area contributed by atoms with Crippen molar-refractivity contribution in [3.05, 3.63) is 53.6 Å². The number of benzene rings is 2. The van der Waals surface area contributed by atoms with Gasteiger partial charge in [0.25, 0.3) is 0 Å². The highest BCUT2D eigenvalue weighted by Crippen LogP contribution is 2.21. The van der Waals surface area contributed by atoms with E-state index >= 15 is 0 Å². The molecule has 0 spiro atoms. The zero-order valence-corrected chi connectivity index (χ0v) is 13.2. The van der Waals surface area contributed by atoms with Crippen LogP contribution in [0.2, 0.25) is 0 Å². The van der Waals surface area contributed by atoms with Crippen molar-refractivity contribution in [1.29, 1.82) is 0 Å². The van der Waals surface area contributed by atoms with E-state index in [0.717, 1.165) is 26.2 Å². The summed E-state index contributed by atoms with van der Waals surface area (Å²) in [6.07, 6.45) is 1.64. The van der Waals surface area contributed by atoms with Crippen LogP contribution < -0.4 is 4.90 Å². The Morgan fingerprint density at radius 2 is 1.78 bits per heavy atom. The summed E-state index contributed by atoms with van der Waals surface area (Å²) in [4.78, 5) is 2.36. The number of piperazine rings is 1. The fourth-order valence-electron chi connectivity index (χ4n) is 2.68. The summed E-state index contributed by atoms with van der Waals surface area (Å²) < 4.78 is 0. The number of aromatic hydroxyl groups is 2. The molecule has 0 saturated carbocycles. The maximum Gasteiger partial charge on any atom is 0.128 e. The standard InChI is InChI=1S/C18H21N3O2/c1-14-3-2-4-16(11-14)20-7-9-21(10-8-20)19-13-15-5-6-17(22)12-18(15)23/h2-6,11-13,22-23H,7-10H2,1H3/b19-13+. The second kappa shape index (κ2) is 6.60. The minimum atomic E-state index is 0.0344. The first-order valence-corrected chi connectivity index (χ1v) is 7.74. The van der Waals surface area contributed by atoms with Crippen molar-refractivity contribution >= 4 is 11.9 Å². The molecule has 2 N–H and O–H groups in total. The third-order valence-electron chi connectivity index (χ3n) is 4.00. The molecule has 3 rings (SSSR count). The lowest BCUT2D eigenvalue weighted by Gasteiger charge is -2.34. The van der Waals surface area contributed by atoms with Crippen LogP contribution in [-0.4, -0.2) is 47.6 Å². The number of hydrazone groups is 1. The predicted octanol–water partition coefficient (Wildman–Crippen LogP) is 2.56. The summed E-state index contributed by atoms with van der Waals surface area (Å²) in [6.45, 7) is 5.62. The summed E-state index contributed by atoms with van der Waals surface area (Å²) in [5.74, 6) is 0.0820. The number of rotatable bonds is 3. The highest BCUT2D eigenvalue weighted by molar-refractivity contribution is 5.83. The van der Waals surface area contributed by atoms with Crippen LogP contribution >= 0.6 is 0 Å². The van der Waals surface area contributed by atoms with E-state index in [9.17, 15) is 10.2 Å². The highest BCUT2D eigenvalue weighted by Gasteiger charge is 2.15. The Balaban J connectivity index is 1.60. The molecule has 1 heterocycles. The van der Waals surface area contributed by atoms with Crippen molar-refractivity contribution in [2.45, 2.75) is 6.92 Å². The zero-order valence-electron chi connectivity index (χ0n) is 13.2. The maximum absolute atomic E-state index is 9.76. The van der Waals surface area contributed by atoms with Gasteiger partial charge in [-0.05, 0) is 36.8 Å². The third kappa shape index (κ3) is 3.74. The largest absolute Gasteiger partial charge is 0.508 e. The van der Waals surface area contributed by atoms with Crippen LogP contribution in [0.3, 0.4) is 0 Å². The van der Waals surface area contributed by atoms with Gasteiger partial charge >= 0.3 is 0 Å². The highest BCUT2D eigenvalue weighted by atomic mass is 16.3. The Bertz CT molecular complexity index is 707. The number of phenolic OH excluding ortho intramolecular Hbond substituents is 2. The van der Waals surface area contributed by atoms with Crippen LogP contribution in [0.5, 0.6) is 11.5 Å². The summed E-state index contributed by atoms with van der Waals surface area (Å²) in [5, 5.41) is 25.5. The molecule has 1 aliphatic heterocycles. The second-order valence-corrected chi connectivity index (χ2v) is 5.77. The van der Waals surface area contributed by atoms with Crippen LogP contribution in [-0.2, 0) is 0 Å². The maximum atomic E-state index is 9.76. The van der Waals surface area contributed by atoms with Crippen molar-refractivity contribution in [3.8, 4) is 11.5 Å². The van der Waals surface area contributed by atoms with Gasteiger partial charge in [0.05, 0.1) is 19.3 Å². The molecular weight excluding hydrogens is 290 g/mol. The quantitative estimate of drug-likeness (QED) is 0.855. The van der Waals surface area contributed by atoms with Crippen LogP contribution in [0.4, 0.5) is 5.69 Å². The molecule has 5 heteroatoms. The van der Waals surface area contributed by atoms with Gasteiger partial charge in [0.1, 0.15) is 11.5 Å². The van der Waals surface area contributed by atoms with Gasteiger partial charge in [0.15, 0.2) is 0 Å². The second-order valence-electron chi connectivity index (χ2n) is 5.77. The van der Waals surface area contributed by atoms with Crippen molar-refractivity contribution < 1.29 is 10.2 Å². The van der Waals surface area contributed by atoms with Gasteiger partial charge < -0.3 is 15.1 Å². The lowest BCUT2D eigenvalue weighted by atomic mass is 10.2. The van der Waals surface area contributed by atoms with Gasteiger partial charge in [0, 0.05) is 30.4 Å². The fraction of sp³-hybridized carbons (Fsp3) is 0.278. The molecule has 1 saturated heterocycles. The third-order valence-corrected chi connectivity index (χ3v) is 4.00. The first-order chi connectivity index (χ1) is 11.1. The molecule has 120 valence electrons. The van der Waals surface area contributed by atoms with E-state index < -0.39 is 0 Å². The van der Waals surface area contributed by atoms with Crippen LogP contribution in [0.1, 0.15) is 11.1 Å². The van der Waals surface area contributed by atoms with Gasteiger partial charge in [-0.2, -0.15) is 5.10 Å². The molecule has 0 radical (unpaired) electrons. The lowest BCUT2D eigenvalue weighted by Crippen LogP contribution is -2.44. The Morgan fingerprint density at radius 1 is 1.00 bits per heavy atom. The topological polar surface area (TPSA) is 59.3 Å². The Hall–Kier alpha value is -2.69. The first kappa shape index (κ1) is 15.2. The average molecular weight is 311 g/mol. The molecule has 0 aromatic heterocycles. The summed E-state index contributed by atoms with van der Waals surface area (Å²) >= 11 is 0. The molecule has 0 atom stereocenters. The smallest absolute Gasteiger partial charge is 0.128 e. The minimum absolute atomic E-state index is 0.0344. The fourth-order valence-corrected chi connectivity index (χ4v) is 2.68. The molecule has 5 nitrogen and oxygen atoms in total. The molecule has 0 unspecified atom stereocenters. The van der Waals surface area contributed by atoms with E-state index in [0.29, 0.717) is 5.56 Å². The van der Waals surface area contributed by atoms with Crippen LogP contribution in [0, 0.1) is 6.92 Å². The number of aryl methyl sites for hydroxylation is 1. The number of hydrogen-bond acceptors (Lipinski definition) is 5. The molecule has 1 aliphatic rings. The molecule has 0 aliphatic carbocycles. The van der Waals surface area contributed by atoms with Gasteiger partial charge in [-0.3, -0.25) is 5.01 Å². The van der Waals surface area contributed by atoms with Gasteiger partial charge in [-0.1, -0.05) is 12.1 Å². The monoisotopic (exact) mass is 311 g/mol. The van der Waals surface area contributed by atoms with Crippen molar-refractivity contribution in [2.24, 2.45) is 5.10 Å². The Labute approximate surface area is 136 Å². The van der Waals surface area contributed by atoms with E-state index in [-0.39, 0.29) is 11.5 Å². The molecule has 23 heavy (non-hydrogen) atoms. The Morgan fingerprint density at radius 3 is 2.48 bits per heavy atom. The van der Waals surface area contributed by atoms with Crippen molar-refractivity contribution in [3.63, 3.8) is 0 Å². The molecule has 0 bridgehead atoms. The molecular formula is C18H21N3O2. The number of hydrogen-bond donors (Lipinski definition) is 2. The lowest BCUT2D eigenvalue weighted by molar-refractivity contribution is 0.272.